The van der Waals surface area contributed by atoms with Gasteiger partial charge in [0.05, 0.1) is 10.6 Å². The van der Waals surface area contributed by atoms with E-state index in [2.05, 4.69) is 4.99 Å². The zero-order valence-electron chi connectivity index (χ0n) is 13.5. The number of aromatic carboxylic acids is 1. The van der Waals surface area contributed by atoms with Gasteiger partial charge < -0.3 is 10.2 Å². The molecular formula is C18H13FN2O4S. The maximum Gasteiger partial charge on any atom is 0.339 e. The van der Waals surface area contributed by atoms with Gasteiger partial charge in [-0.25, -0.2) is 14.2 Å². The molecular weight excluding hydrogens is 359 g/mol. The standard InChI is InChI=1S/C18H13FN2O4S/c1-21-16(23)15(8-10-3-2-4-11(19)7-10)26-18(21)20-12-5-6-13(17(24)25)14(22)9-12/h2-9,22H,1H3,(H,24,25)/b15-8-,20-18?. The first-order chi connectivity index (χ1) is 12.3. The molecule has 1 saturated heterocycles. The molecule has 1 aliphatic rings. The van der Waals surface area contributed by atoms with Crippen LogP contribution in [-0.2, 0) is 4.79 Å². The molecule has 0 spiro atoms. The summed E-state index contributed by atoms with van der Waals surface area (Å²) in [6.07, 6.45) is 1.57. The topological polar surface area (TPSA) is 90.2 Å². The van der Waals surface area contributed by atoms with Crippen molar-refractivity contribution in [3.63, 3.8) is 0 Å². The lowest BCUT2D eigenvalue weighted by Gasteiger charge is -2.07. The van der Waals surface area contributed by atoms with Crippen LogP contribution in [0.25, 0.3) is 6.08 Å². The van der Waals surface area contributed by atoms with Crippen LogP contribution in [0.2, 0.25) is 0 Å². The van der Waals surface area contributed by atoms with Gasteiger partial charge in [0, 0.05) is 13.1 Å². The Kier molecular flexibility index (Phi) is 4.77. The van der Waals surface area contributed by atoms with Crippen LogP contribution in [0.4, 0.5) is 10.1 Å². The first-order valence-electron chi connectivity index (χ1n) is 7.43. The number of carbonyl (C=O) groups excluding carboxylic acids is 1. The fourth-order valence-electron chi connectivity index (χ4n) is 2.28. The largest absolute Gasteiger partial charge is 0.507 e. The Balaban J connectivity index is 1.90. The van der Waals surface area contributed by atoms with Crippen LogP contribution in [0.1, 0.15) is 15.9 Å². The molecule has 1 aliphatic heterocycles. The van der Waals surface area contributed by atoms with Crippen molar-refractivity contribution >= 4 is 40.6 Å². The van der Waals surface area contributed by atoms with Gasteiger partial charge in [-0.3, -0.25) is 9.69 Å². The van der Waals surface area contributed by atoms with Crippen molar-refractivity contribution in [1.29, 1.82) is 0 Å². The first-order valence-corrected chi connectivity index (χ1v) is 8.25. The van der Waals surface area contributed by atoms with Gasteiger partial charge in [-0.2, -0.15) is 0 Å². The number of benzene rings is 2. The second-order valence-corrected chi connectivity index (χ2v) is 6.44. The van der Waals surface area contributed by atoms with Gasteiger partial charge in [0.25, 0.3) is 5.91 Å². The maximum atomic E-state index is 13.3. The Hall–Kier alpha value is -3.13. The number of carboxylic acids is 1. The zero-order chi connectivity index (χ0) is 18.8. The summed E-state index contributed by atoms with van der Waals surface area (Å²) in [5.74, 6) is -2.34. The van der Waals surface area contributed by atoms with Crippen molar-refractivity contribution in [2.45, 2.75) is 0 Å². The number of aromatic hydroxyl groups is 1. The molecule has 1 amide bonds. The van der Waals surface area contributed by atoms with Crippen LogP contribution >= 0.6 is 11.8 Å². The number of phenols is 1. The van der Waals surface area contributed by atoms with Gasteiger partial charge in [-0.1, -0.05) is 12.1 Å². The van der Waals surface area contributed by atoms with Crippen LogP contribution < -0.4 is 0 Å². The fraction of sp³-hybridized carbons (Fsp3) is 0.0556. The summed E-state index contributed by atoms with van der Waals surface area (Å²) in [5.41, 5.74) is 0.629. The van der Waals surface area contributed by atoms with E-state index in [9.17, 15) is 19.1 Å². The van der Waals surface area contributed by atoms with Crippen molar-refractivity contribution in [2.75, 3.05) is 7.05 Å². The Morgan fingerprint density at radius 3 is 2.69 bits per heavy atom. The van der Waals surface area contributed by atoms with E-state index in [1.807, 2.05) is 0 Å². The molecule has 2 aromatic rings. The molecule has 0 radical (unpaired) electrons. The normalized spacial score (nSPS) is 17.3. The number of thioether (sulfide) groups is 1. The molecule has 8 heteroatoms. The molecule has 0 aliphatic carbocycles. The molecule has 2 N–H and O–H groups in total. The van der Waals surface area contributed by atoms with Crippen molar-refractivity contribution in [3.8, 4) is 5.75 Å². The van der Waals surface area contributed by atoms with Crippen LogP contribution in [0.5, 0.6) is 5.75 Å². The molecule has 0 atom stereocenters. The van der Waals surface area contributed by atoms with Gasteiger partial charge in [0.15, 0.2) is 5.17 Å². The van der Waals surface area contributed by atoms with E-state index in [0.717, 1.165) is 11.8 Å². The molecule has 3 rings (SSSR count). The minimum Gasteiger partial charge on any atom is -0.507 e. The van der Waals surface area contributed by atoms with E-state index < -0.39 is 17.5 Å². The van der Waals surface area contributed by atoms with Crippen LogP contribution in [0, 0.1) is 5.82 Å². The van der Waals surface area contributed by atoms with E-state index in [1.54, 1.807) is 25.3 Å². The average Bonchev–Trinajstić information content (AvgIpc) is 2.83. The summed E-state index contributed by atoms with van der Waals surface area (Å²) in [4.78, 5) is 29.3. The second-order valence-electron chi connectivity index (χ2n) is 5.43. The third-order valence-corrected chi connectivity index (χ3v) is 4.65. The molecule has 0 unspecified atom stereocenters. The van der Waals surface area contributed by atoms with Gasteiger partial charge in [0.2, 0.25) is 0 Å². The van der Waals surface area contributed by atoms with E-state index in [0.29, 0.717) is 21.3 Å². The SMILES string of the molecule is CN1C(=O)/C(=C/c2cccc(F)c2)SC1=Nc1ccc(C(=O)O)c(O)c1. The number of hydrogen-bond donors (Lipinski definition) is 2. The summed E-state index contributed by atoms with van der Waals surface area (Å²) >= 11 is 1.11. The molecule has 0 bridgehead atoms. The molecule has 6 nitrogen and oxygen atoms in total. The van der Waals surface area contributed by atoms with Crippen molar-refractivity contribution in [1.82, 2.24) is 4.90 Å². The van der Waals surface area contributed by atoms with Gasteiger partial charge in [-0.15, -0.1) is 0 Å². The lowest BCUT2D eigenvalue weighted by Crippen LogP contribution is -2.23. The number of rotatable bonds is 3. The number of nitrogens with zero attached hydrogens (tertiary/aromatic N) is 2. The van der Waals surface area contributed by atoms with E-state index in [4.69, 9.17) is 5.11 Å². The average molecular weight is 372 g/mol. The summed E-state index contributed by atoms with van der Waals surface area (Å²) in [6.45, 7) is 0. The van der Waals surface area contributed by atoms with Crippen LogP contribution in [0.3, 0.4) is 0 Å². The molecule has 132 valence electrons. The number of halogens is 1. The second kappa shape index (κ2) is 7.01. The quantitative estimate of drug-likeness (QED) is 0.806. The Morgan fingerprint density at radius 2 is 2.04 bits per heavy atom. The van der Waals surface area contributed by atoms with Crippen molar-refractivity contribution in [2.24, 2.45) is 4.99 Å². The highest BCUT2D eigenvalue weighted by Crippen LogP contribution is 2.34. The van der Waals surface area contributed by atoms with Crippen molar-refractivity contribution < 1.29 is 24.2 Å². The number of amidine groups is 1. The minimum absolute atomic E-state index is 0.232. The fourth-order valence-corrected chi connectivity index (χ4v) is 3.27. The van der Waals surface area contributed by atoms with Gasteiger partial charge in [0.1, 0.15) is 17.1 Å². The maximum absolute atomic E-state index is 13.3. The Labute approximate surface area is 152 Å². The molecule has 1 fully saturated rings. The number of amides is 1. The highest BCUT2D eigenvalue weighted by molar-refractivity contribution is 8.18. The predicted octanol–water partition coefficient (Wildman–Crippen LogP) is 3.46. The summed E-state index contributed by atoms with van der Waals surface area (Å²) < 4.78 is 13.3. The van der Waals surface area contributed by atoms with E-state index in [1.165, 1.54) is 35.2 Å². The summed E-state index contributed by atoms with van der Waals surface area (Å²) in [7, 11) is 1.55. The highest BCUT2D eigenvalue weighted by atomic mass is 32.2. The summed E-state index contributed by atoms with van der Waals surface area (Å²) in [6, 6.07) is 9.75. The monoisotopic (exact) mass is 372 g/mol. The van der Waals surface area contributed by atoms with Crippen LogP contribution in [-0.4, -0.2) is 39.2 Å². The molecule has 1 heterocycles. The zero-order valence-corrected chi connectivity index (χ0v) is 14.3. The number of carbonyl (C=O) groups is 2. The van der Waals surface area contributed by atoms with E-state index in [-0.39, 0.29) is 11.5 Å². The third kappa shape index (κ3) is 3.60. The molecule has 0 saturated carbocycles. The van der Waals surface area contributed by atoms with Crippen molar-refractivity contribution in [3.05, 3.63) is 64.3 Å². The predicted molar refractivity (Wildman–Crippen MR) is 96.9 cm³/mol. The summed E-state index contributed by atoms with van der Waals surface area (Å²) in [5, 5.41) is 19.0. The Morgan fingerprint density at radius 1 is 1.27 bits per heavy atom. The molecule has 26 heavy (non-hydrogen) atoms. The Bertz CT molecular complexity index is 971. The van der Waals surface area contributed by atoms with Gasteiger partial charge in [-0.05, 0) is 47.7 Å². The number of hydrogen-bond acceptors (Lipinski definition) is 5. The molecule has 0 aromatic heterocycles. The number of carboxylic acid groups (broad SMARTS) is 1. The molecule has 2 aromatic carbocycles. The number of aliphatic imine (C=N–C) groups is 1. The minimum atomic E-state index is -1.25. The highest BCUT2D eigenvalue weighted by Gasteiger charge is 2.30. The lowest BCUT2D eigenvalue weighted by atomic mass is 10.2. The van der Waals surface area contributed by atoms with Crippen LogP contribution in [0.15, 0.2) is 52.4 Å². The van der Waals surface area contributed by atoms with Gasteiger partial charge >= 0.3 is 5.97 Å². The third-order valence-electron chi connectivity index (χ3n) is 3.59. The smallest absolute Gasteiger partial charge is 0.339 e. The van der Waals surface area contributed by atoms with E-state index >= 15 is 0 Å². The lowest BCUT2D eigenvalue weighted by molar-refractivity contribution is -0.121. The number of likely N-dealkylation sites (N-methyl/N-ethyl adjacent to an activating group) is 1. The first kappa shape index (κ1) is 17.7.